The molecular formula is C15H24N2O2. The molecule has 0 aromatic heterocycles. The number of carbonyl (C=O) groups excluding carboxylic acids is 2. The monoisotopic (exact) mass is 264 g/mol. The van der Waals surface area contributed by atoms with Gasteiger partial charge in [-0.15, -0.1) is 0 Å². The molecule has 3 fully saturated rings. The van der Waals surface area contributed by atoms with E-state index < -0.39 is 5.54 Å². The van der Waals surface area contributed by atoms with E-state index in [1.165, 1.54) is 6.42 Å². The fraction of sp³-hybridized carbons (Fsp3) is 0.867. The van der Waals surface area contributed by atoms with Crippen LogP contribution in [0, 0.1) is 11.8 Å². The minimum absolute atomic E-state index is 0.0518. The van der Waals surface area contributed by atoms with Crippen molar-refractivity contribution in [3.05, 3.63) is 0 Å². The Kier molecular flexibility index (Phi) is 2.88. The quantitative estimate of drug-likeness (QED) is 0.843. The summed E-state index contributed by atoms with van der Waals surface area (Å²) in [4.78, 5) is 27.3. The van der Waals surface area contributed by atoms with Crippen LogP contribution in [0.5, 0.6) is 0 Å². The van der Waals surface area contributed by atoms with Crippen LogP contribution in [0.2, 0.25) is 0 Å². The molecule has 2 atom stereocenters. The summed E-state index contributed by atoms with van der Waals surface area (Å²) in [7, 11) is 0. The smallest absolute Gasteiger partial charge is 0.249 e. The van der Waals surface area contributed by atoms with Crippen molar-refractivity contribution in [3.8, 4) is 0 Å². The Bertz CT molecular complexity index is 412. The van der Waals surface area contributed by atoms with E-state index in [1.54, 1.807) is 0 Å². The third kappa shape index (κ3) is 1.87. The molecule has 19 heavy (non-hydrogen) atoms. The van der Waals surface area contributed by atoms with Gasteiger partial charge in [-0.2, -0.15) is 0 Å². The molecule has 1 saturated heterocycles. The number of hydrogen-bond donors (Lipinski definition) is 1. The summed E-state index contributed by atoms with van der Waals surface area (Å²) in [6.07, 6.45) is 5.42. The molecule has 2 unspecified atom stereocenters. The first-order valence-corrected chi connectivity index (χ1v) is 7.60. The minimum Gasteiger partial charge on any atom is -0.340 e. The first-order valence-electron chi connectivity index (χ1n) is 7.60. The van der Waals surface area contributed by atoms with Gasteiger partial charge in [0.2, 0.25) is 11.8 Å². The zero-order chi connectivity index (χ0) is 13.8. The second-order valence-corrected chi connectivity index (χ2v) is 6.95. The molecule has 0 aromatic carbocycles. The second kappa shape index (κ2) is 4.22. The zero-order valence-electron chi connectivity index (χ0n) is 12.1. The van der Waals surface area contributed by atoms with Crippen LogP contribution < -0.4 is 5.32 Å². The second-order valence-electron chi connectivity index (χ2n) is 6.95. The molecule has 2 amide bonds. The maximum absolute atomic E-state index is 12.9. The number of nitrogens with zero attached hydrogens (tertiary/aromatic N) is 1. The molecule has 3 rings (SSSR count). The van der Waals surface area contributed by atoms with E-state index in [2.05, 4.69) is 5.32 Å². The van der Waals surface area contributed by atoms with E-state index in [0.29, 0.717) is 12.0 Å². The zero-order valence-corrected chi connectivity index (χ0v) is 12.1. The lowest BCUT2D eigenvalue weighted by atomic mass is 9.81. The first-order chi connectivity index (χ1) is 8.95. The van der Waals surface area contributed by atoms with E-state index in [-0.39, 0.29) is 23.8 Å². The molecular weight excluding hydrogens is 240 g/mol. The summed E-state index contributed by atoms with van der Waals surface area (Å²) in [6.45, 7) is 5.99. The van der Waals surface area contributed by atoms with Gasteiger partial charge in [0.15, 0.2) is 0 Å². The van der Waals surface area contributed by atoms with Gasteiger partial charge in [-0.25, -0.2) is 0 Å². The molecule has 1 aliphatic heterocycles. The van der Waals surface area contributed by atoms with Gasteiger partial charge in [0.05, 0.1) is 0 Å². The van der Waals surface area contributed by atoms with Gasteiger partial charge in [0.25, 0.3) is 0 Å². The molecule has 0 radical (unpaired) electrons. The number of piperazine rings is 1. The highest BCUT2D eigenvalue weighted by molar-refractivity contribution is 6.00. The van der Waals surface area contributed by atoms with Crippen LogP contribution in [0.25, 0.3) is 0 Å². The standard InChI is InChI=1S/C15H24N2O2/c1-9(2)12-13(18)16-15(3,10-7-8-10)14(19)17(12)11-5-4-6-11/h9-12H,4-8H2,1-3H3,(H,16,18). The molecule has 4 heteroatoms. The Labute approximate surface area is 114 Å². The molecule has 3 aliphatic rings. The van der Waals surface area contributed by atoms with Crippen molar-refractivity contribution < 1.29 is 9.59 Å². The third-order valence-corrected chi connectivity index (χ3v) is 5.12. The lowest BCUT2D eigenvalue weighted by molar-refractivity contribution is -0.162. The maximum Gasteiger partial charge on any atom is 0.249 e. The van der Waals surface area contributed by atoms with Gasteiger partial charge in [0.1, 0.15) is 11.6 Å². The van der Waals surface area contributed by atoms with Gasteiger partial charge in [-0.3, -0.25) is 9.59 Å². The summed E-state index contributed by atoms with van der Waals surface area (Å²) in [5, 5.41) is 3.04. The van der Waals surface area contributed by atoms with E-state index in [0.717, 1.165) is 25.7 Å². The molecule has 106 valence electrons. The van der Waals surface area contributed by atoms with Crippen LogP contribution in [0.4, 0.5) is 0 Å². The molecule has 2 saturated carbocycles. The van der Waals surface area contributed by atoms with Gasteiger partial charge >= 0.3 is 0 Å². The molecule has 0 aromatic rings. The highest BCUT2D eigenvalue weighted by atomic mass is 16.2. The molecule has 4 nitrogen and oxygen atoms in total. The van der Waals surface area contributed by atoms with Crippen molar-refractivity contribution in [3.63, 3.8) is 0 Å². The number of hydrogen-bond acceptors (Lipinski definition) is 2. The van der Waals surface area contributed by atoms with Crippen LogP contribution in [0.3, 0.4) is 0 Å². The van der Waals surface area contributed by atoms with Crippen molar-refractivity contribution in [2.24, 2.45) is 11.8 Å². The van der Waals surface area contributed by atoms with Crippen molar-refractivity contribution in [2.45, 2.75) is 70.5 Å². The van der Waals surface area contributed by atoms with Gasteiger partial charge in [0, 0.05) is 6.04 Å². The summed E-state index contributed by atoms with van der Waals surface area (Å²) < 4.78 is 0. The van der Waals surface area contributed by atoms with Crippen LogP contribution in [-0.4, -0.2) is 34.3 Å². The molecule has 2 aliphatic carbocycles. The Morgan fingerprint density at radius 1 is 1.21 bits per heavy atom. The van der Waals surface area contributed by atoms with E-state index >= 15 is 0 Å². The third-order valence-electron chi connectivity index (χ3n) is 5.12. The number of amides is 2. The molecule has 0 bridgehead atoms. The Hall–Kier alpha value is -1.06. The van der Waals surface area contributed by atoms with Gasteiger partial charge in [-0.1, -0.05) is 13.8 Å². The minimum atomic E-state index is -0.641. The topological polar surface area (TPSA) is 49.4 Å². The summed E-state index contributed by atoms with van der Waals surface area (Å²) >= 11 is 0. The normalized spacial score (nSPS) is 36.4. The number of carbonyl (C=O) groups is 2. The van der Waals surface area contributed by atoms with Crippen LogP contribution in [0.15, 0.2) is 0 Å². The van der Waals surface area contributed by atoms with Crippen LogP contribution in [0.1, 0.15) is 52.9 Å². The van der Waals surface area contributed by atoms with Crippen molar-refractivity contribution in [2.75, 3.05) is 0 Å². The van der Waals surface area contributed by atoms with Crippen molar-refractivity contribution in [1.29, 1.82) is 0 Å². The van der Waals surface area contributed by atoms with E-state index in [1.807, 2.05) is 25.7 Å². The predicted octanol–water partition coefficient (Wildman–Crippen LogP) is 1.69. The SMILES string of the molecule is CC(C)C1C(=O)NC(C)(C2CC2)C(=O)N1C1CCC1. The lowest BCUT2D eigenvalue weighted by Gasteiger charge is -2.51. The molecule has 1 N–H and O–H groups in total. The van der Waals surface area contributed by atoms with Crippen molar-refractivity contribution in [1.82, 2.24) is 10.2 Å². The van der Waals surface area contributed by atoms with Gasteiger partial charge in [-0.05, 0) is 50.9 Å². The summed E-state index contributed by atoms with van der Waals surface area (Å²) in [5.41, 5.74) is -0.641. The largest absolute Gasteiger partial charge is 0.340 e. The van der Waals surface area contributed by atoms with Crippen molar-refractivity contribution >= 4 is 11.8 Å². The molecule has 0 spiro atoms. The fourth-order valence-corrected chi connectivity index (χ4v) is 3.52. The average molecular weight is 264 g/mol. The Morgan fingerprint density at radius 2 is 1.84 bits per heavy atom. The molecule has 1 heterocycles. The van der Waals surface area contributed by atoms with E-state index in [4.69, 9.17) is 0 Å². The number of rotatable bonds is 3. The Morgan fingerprint density at radius 3 is 2.26 bits per heavy atom. The summed E-state index contributed by atoms with van der Waals surface area (Å²) in [6, 6.07) is 0.0219. The maximum atomic E-state index is 12.9. The van der Waals surface area contributed by atoms with Crippen LogP contribution >= 0.6 is 0 Å². The Balaban J connectivity index is 1.93. The number of nitrogens with one attached hydrogen (secondary N) is 1. The first kappa shape index (κ1) is 12.9. The highest BCUT2D eigenvalue weighted by Crippen LogP contribution is 2.44. The predicted molar refractivity (Wildman–Crippen MR) is 72.4 cm³/mol. The van der Waals surface area contributed by atoms with Gasteiger partial charge < -0.3 is 10.2 Å². The average Bonchev–Trinajstić information content (AvgIpc) is 3.05. The fourth-order valence-electron chi connectivity index (χ4n) is 3.52. The highest BCUT2D eigenvalue weighted by Gasteiger charge is 2.57. The van der Waals surface area contributed by atoms with Crippen LogP contribution in [-0.2, 0) is 9.59 Å². The summed E-state index contributed by atoms with van der Waals surface area (Å²) in [5.74, 6) is 0.738. The van der Waals surface area contributed by atoms with E-state index in [9.17, 15) is 9.59 Å². The lowest BCUT2D eigenvalue weighted by Crippen LogP contribution is -2.73.